The molecule has 158 valence electrons. The molecule has 0 saturated carbocycles. The van der Waals surface area contributed by atoms with Crippen LogP contribution in [0.1, 0.15) is 0 Å². The van der Waals surface area contributed by atoms with Gasteiger partial charge in [-0.15, -0.1) is 0 Å². The maximum Gasteiger partial charge on any atom is 0.370 e. The fraction of sp³-hybridized carbons (Fsp3) is 0.0455. The third-order valence-corrected chi connectivity index (χ3v) is 5.04. The van der Waals surface area contributed by atoms with Gasteiger partial charge >= 0.3 is 5.97 Å². The Kier molecular flexibility index (Phi) is 5.61. The zero-order chi connectivity index (χ0) is 21.7. The van der Waals surface area contributed by atoms with Crippen molar-refractivity contribution in [2.24, 2.45) is 4.99 Å². The summed E-state index contributed by atoms with van der Waals surface area (Å²) >= 11 is 0. The summed E-state index contributed by atoms with van der Waals surface area (Å²) < 4.78 is 44.3. The summed E-state index contributed by atoms with van der Waals surface area (Å²) in [5, 5.41) is 6.05. The topological polar surface area (TPSA) is 109 Å². The van der Waals surface area contributed by atoms with Crippen LogP contribution in [0, 0.1) is 0 Å². The molecule has 1 unspecified atom stereocenters. The molecule has 3 aromatic rings. The van der Waals surface area contributed by atoms with E-state index in [1.54, 1.807) is 42.6 Å². The Labute approximate surface area is 179 Å². The average Bonchev–Trinajstić information content (AvgIpc) is 2.75. The molecule has 3 aromatic carbocycles. The Bertz CT molecular complexity index is 1210. The third-order valence-electron chi connectivity index (χ3n) is 4.19. The van der Waals surface area contributed by atoms with Crippen LogP contribution >= 0.6 is 0 Å². The quantitative estimate of drug-likeness (QED) is 0.399. The van der Waals surface area contributed by atoms with Crippen molar-refractivity contribution in [2.75, 3.05) is 5.32 Å². The lowest BCUT2D eigenvalue weighted by molar-refractivity contribution is 0.0827. The molecule has 4 rings (SSSR count). The Balaban J connectivity index is 1.69. The first kappa shape index (κ1) is 20.5. The molecule has 1 aliphatic heterocycles. The van der Waals surface area contributed by atoms with Crippen LogP contribution in [-0.2, 0) is 10.1 Å². The van der Waals surface area contributed by atoms with Crippen molar-refractivity contribution in [1.29, 1.82) is 0 Å². The van der Waals surface area contributed by atoms with Gasteiger partial charge in [-0.2, -0.15) is 13.4 Å². The minimum Gasteiger partial charge on any atom is -0.439 e. The van der Waals surface area contributed by atoms with Gasteiger partial charge in [-0.3, -0.25) is 4.55 Å². The van der Waals surface area contributed by atoms with Gasteiger partial charge < -0.3 is 20.1 Å². The summed E-state index contributed by atoms with van der Waals surface area (Å²) in [5.41, 5.74) is 0.344. The van der Waals surface area contributed by atoms with Crippen molar-refractivity contribution in [2.45, 2.75) is 10.9 Å². The average molecular weight is 437 g/mol. The molecule has 3 N–H and O–H groups in total. The van der Waals surface area contributed by atoms with Gasteiger partial charge in [0.25, 0.3) is 10.1 Å². The van der Waals surface area contributed by atoms with Crippen LogP contribution < -0.4 is 20.1 Å². The van der Waals surface area contributed by atoms with Gasteiger partial charge in [-0.05, 0) is 42.5 Å². The Hall–Kier alpha value is -3.82. The molecule has 31 heavy (non-hydrogen) atoms. The molecule has 8 nitrogen and oxygen atoms in total. The van der Waals surface area contributed by atoms with E-state index in [0.717, 1.165) is 0 Å². The fourth-order valence-corrected chi connectivity index (χ4v) is 3.37. The van der Waals surface area contributed by atoms with E-state index < -0.39 is 16.1 Å². The number of anilines is 1. The van der Waals surface area contributed by atoms with Crippen LogP contribution in [0.3, 0.4) is 0 Å². The van der Waals surface area contributed by atoms with E-state index in [4.69, 9.17) is 9.47 Å². The van der Waals surface area contributed by atoms with Gasteiger partial charge in [0, 0.05) is 18.0 Å². The molecular formula is C22H19N3O5S. The van der Waals surface area contributed by atoms with Gasteiger partial charge in [0.1, 0.15) is 11.5 Å². The van der Waals surface area contributed by atoms with Crippen molar-refractivity contribution < 1.29 is 22.4 Å². The molecule has 0 spiro atoms. The van der Waals surface area contributed by atoms with Gasteiger partial charge in [-0.1, -0.05) is 42.5 Å². The monoisotopic (exact) mass is 437 g/mol. The van der Waals surface area contributed by atoms with Crippen molar-refractivity contribution >= 4 is 21.7 Å². The number of benzene rings is 3. The SMILES string of the molecule is O=S(=O)(O)c1cccc(NC2(Oc3ccccc3)N=C(Oc3ccccc3)C=CN2)c1. The van der Waals surface area contributed by atoms with E-state index in [-0.39, 0.29) is 10.8 Å². The number of aliphatic imine (C=N–C) groups is 1. The highest BCUT2D eigenvalue weighted by Crippen LogP contribution is 2.25. The molecule has 0 fully saturated rings. The molecule has 0 saturated heterocycles. The first-order valence-electron chi connectivity index (χ1n) is 9.29. The highest BCUT2D eigenvalue weighted by molar-refractivity contribution is 7.85. The third kappa shape index (κ3) is 5.21. The molecule has 9 heteroatoms. The van der Waals surface area contributed by atoms with Crippen molar-refractivity contribution in [3.8, 4) is 11.5 Å². The summed E-state index contributed by atoms with van der Waals surface area (Å²) in [7, 11) is -4.37. The molecule has 1 heterocycles. The van der Waals surface area contributed by atoms with Crippen molar-refractivity contribution in [1.82, 2.24) is 5.32 Å². The zero-order valence-electron chi connectivity index (χ0n) is 16.2. The lowest BCUT2D eigenvalue weighted by Crippen LogP contribution is -2.55. The number of nitrogens with one attached hydrogen (secondary N) is 2. The number of hydrogen-bond acceptors (Lipinski definition) is 7. The van der Waals surface area contributed by atoms with Crippen LogP contribution in [0.25, 0.3) is 0 Å². The van der Waals surface area contributed by atoms with Gasteiger partial charge in [0.15, 0.2) is 0 Å². The molecule has 0 aromatic heterocycles. The predicted molar refractivity (Wildman–Crippen MR) is 116 cm³/mol. The minimum absolute atomic E-state index is 0.261. The second kappa shape index (κ2) is 8.50. The molecule has 0 aliphatic carbocycles. The van der Waals surface area contributed by atoms with Crippen LogP contribution in [-0.4, -0.2) is 24.8 Å². The van der Waals surface area contributed by atoms with E-state index >= 15 is 0 Å². The molecule has 0 amide bonds. The predicted octanol–water partition coefficient (Wildman–Crippen LogP) is 3.63. The fourth-order valence-electron chi connectivity index (χ4n) is 2.85. The number of ether oxygens (including phenoxy) is 2. The lowest BCUT2D eigenvalue weighted by atomic mass is 10.3. The van der Waals surface area contributed by atoms with Gasteiger partial charge in [0.2, 0.25) is 5.90 Å². The van der Waals surface area contributed by atoms with Crippen molar-refractivity contribution in [3.63, 3.8) is 0 Å². The Morgan fingerprint density at radius 3 is 2.26 bits per heavy atom. The normalized spacial score (nSPS) is 17.9. The van der Waals surface area contributed by atoms with E-state index in [1.165, 1.54) is 18.2 Å². The van der Waals surface area contributed by atoms with E-state index in [9.17, 15) is 13.0 Å². The Morgan fingerprint density at radius 1 is 0.903 bits per heavy atom. The molecular weight excluding hydrogens is 418 g/mol. The summed E-state index contributed by atoms with van der Waals surface area (Å²) in [5.74, 6) is -0.182. The lowest BCUT2D eigenvalue weighted by Gasteiger charge is -2.34. The first-order valence-corrected chi connectivity index (χ1v) is 10.7. The molecule has 1 atom stereocenters. The van der Waals surface area contributed by atoms with Crippen LogP contribution in [0.4, 0.5) is 5.69 Å². The number of nitrogens with zero attached hydrogens (tertiary/aromatic N) is 1. The van der Waals surface area contributed by atoms with Gasteiger partial charge in [0.05, 0.1) is 4.90 Å². The Morgan fingerprint density at radius 2 is 1.58 bits per heavy atom. The van der Waals surface area contributed by atoms with E-state index in [1.807, 2.05) is 36.4 Å². The smallest absolute Gasteiger partial charge is 0.370 e. The summed E-state index contributed by atoms with van der Waals surface area (Å²) in [6, 6.07) is 23.8. The maximum atomic E-state index is 11.5. The van der Waals surface area contributed by atoms with Crippen LogP contribution in [0.5, 0.6) is 11.5 Å². The van der Waals surface area contributed by atoms with Crippen molar-refractivity contribution in [3.05, 3.63) is 97.2 Å². The number of hydrogen-bond donors (Lipinski definition) is 3. The summed E-state index contributed by atoms with van der Waals surface area (Å²) in [6.45, 7) is 0. The molecule has 1 aliphatic rings. The number of para-hydroxylation sites is 2. The molecule has 0 radical (unpaired) electrons. The largest absolute Gasteiger partial charge is 0.439 e. The summed E-state index contributed by atoms with van der Waals surface area (Å²) in [4.78, 5) is 4.28. The van der Waals surface area contributed by atoms with Gasteiger partial charge in [-0.25, -0.2) is 0 Å². The van der Waals surface area contributed by atoms with E-state index in [2.05, 4.69) is 15.6 Å². The highest BCUT2D eigenvalue weighted by atomic mass is 32.2. The van der Waals surface area contributed by atoms with Crippen LogP contribution in [0.15, 0.2) is 107 Å². The second-order valence-electron chi connectivity index (χ2n) is 6.53. The second-order valence-corrected chi connectivity index (χ2v) is 7.95. The van der Waals surface area contributed by atoms with E-state index in [0.29, 0.717) is 17.2 Å². The minimum atomic E-state index is -4.37. The first-order chi connectivity index (χ1) is 14.9. The number of rotatable bonds is 6. The molecule has 0 bridgehead atoms. The zero-order valence-corrected chi connectivity index (χ0v) is 17.0. The summed E-state index contributed by atoms with van der Waals surface area (Å²) in [6.07, 6.45) is 3.24. The highest BCUT2D eigenvalue weighted by Gasteiger charge is 2.34. The maximum absolute atomic E-state index is 11.5. The van der Waals surface area contributed by atoms with Crippen LogP contribution in [0.2, 0.25) is 0 Å². The standard InChI is InChI=1S/C22H19N3O5S/c26-31(27,28)20-13-7-8-17(16-20)24-22(30-19-11-5-2-6-12-19)23-15-14-21(25-22)29-18-9-3-1-4-10-18/h1-16,23-24H,(H,26,27,28).